The lowest BCUT2D eigenvalue weighted by atomic mass is 10.0. The van der Waals surface area contributed by atoms with E-state index in [0.717, 1.165) is 27.8 Å². The second-order valence-corrected chi connectivity index (χ2v) is 9.49. The Balaban J connectivity index is 1.92. The summed E-state index contributed by atoms with van der Waals surface area (Å²) in [4.78, 5) is 28.7. The summed E-state index contributed by atoms with van der Waals surface area (Å²) in [6.45, 7) is 10.0. The Morgan fingerprint density at radius 1 is 0.829 bits per heavy atom. The molecule has 2 amide bonds. The van der Waals surface area contributed by atoms with Crippen LogP contribution in [0.5, 0.6) is 5.75 Å². The van der Waals surface area contributed by atoms with Gasteiger partial charge in [-0.3, -0.25) is 9.59 Å². The molecule has 3 aromatic carbocycles. The number of aryl methyl sites for hydroxylation is 3. The summed E-state index contributed by atoms with van der Waals surface area (Å²) < 4.78 is 5.91. The molecule has 0 aliphatic carbocycles. The topological polar surface area (TPSA) is 58.6 Å². The molecular weight excluding hydrogens is 436 g/mol. The van der Waals surface area contributed by atoms with Gasteiger partial charge in [0.1, 0.15) is 11.8 Å². The molecule has 1 atom stereocenters. The molecule has 0 aliphatic rings. The average Bonchev–Trinajstić information content (AvgIpc) is 2.79. The second-order valence-electron chi connectivity index (χ2n) is 9.49. The van der Waals surface area contributed by atoms with Crippen LogP contribution in [0.4, 0.5) is 0 Å². The number of hydrogen-bond acceptors (Lipinski definition) is 3. The van der Waals surface area contributed by atoms with Gasteiger partial charge in [0.05, 0.1) is 0 Å². The zero-order chi connectivity index (χ0) is 25.4. The summed E-state index contributed by atoms with van der Waals surface area (Å²) in [5.41, 5.74) is 5.21. The van der Waals surface area contributed by atoms with Gasteiger partial charge in [0.2, 0.25) is 5.91 Å². The van der Waals surface area contributed by atoms with Crippen molar-refractivity contribution in [3.8, 4) is 5.75 Å². The molecule has 0 unspecified atom stereocenters. The minimum Gasteiger partial charge on any atom is -0.484 e. The zero-order valence-electron chi connectivity index (χ0n) is 21.4. The van der Waals surface area contributed by atoms with Crippen LogP contribution in [0, 0.1) is 20.8 Å². The fraction of sp³-hybridized carbons (Fsp3) is 0.333. The van der Waals surface area contributed by atoms with E-state index in [9.17, 15) is 9.59 Å². The molecule has 184 valence electrons. The molecule has 0 bridgehead atoms. The minimum atomic E-state index is -0.671. The highest BCUT2D eigenvalue weighted by molar-refractivity contribution is 5.88. The minimum absolute atomic E-state index is 0.0387. The fourth-order valence-corrected chi connectivity index (χ4v) is 4.19. The van der Waals surface area contributed by atoms with Gasteiger partial charge in [-0.2, -0.15) is 0 Å². The Kier molecular flexibility index (Phi) is 9.07. The zero-order valence-corrected chi connectivity index (χ0v) is 21.4. The van der Waals surface area contributed by atoms with Gasteiger partial charge in [0, 0.05) is 19.0 Å². The van der Waals surface area contributed by atoms with Crippen molar-refractivity contribution < 1.29 is 14.3 Å². The average molecular weight is 473 g/mol. The van der Waals surface area contributed by atoms with Crippen LogP contribution < -0.4 is 10.1 Å². The fourth-order valence-electron chi connectivity index (χ4n) is 4.19. The number of hydrogen-bond donors (Lipinski definition) is 1. The lowest BCUT2D eigenvalue weighted by molar-refractivity contribution is -0.143. The van der Waals surface area contributed by atoms with E-state index in [4.69, 9.17) is 4.74 Å². The van der Waals surface area contributed by atoms with Crippen LogP contribution in [0.15, 0.2) is 72.8 Å². The number of ether oxygens (including phenoxy) is 1. The Bertz CT molecular complexity index is 1120. The van der Waals surface area contributed by atoms with Crippen LogP contribution >= 0.6 is 0 Å². The van der Waals surface area contributed by atoms with Gasteiger partial charge in [-0.1, -0.05) is 66.2 Å². The largest absolute Gasteiger partial charge is 0.484 e. The summed E-state index contributed by atoms with van der Waals surface area (Å²) in [6.07, 6.45) is 0.417. The molecule has 1 N–H and O–H groups in total. The normalized spacial score (nSPS) is 11.7. The standard InChI is InChI=1S/C30H36N2O3/c1-21(2)31-30(34)28(18-25-11-7-6-8-12-25)32(19-26-13-9-10-22(3)15-26)29(33)20-35-27-16-23(4)14-24(5)17-27/h6-17,21,28H,18-20H2,1-5H3,(H,31,34)/t28-/m0/s1. The summed E-state index contributed by atoms with van der Waals surface area (Å²) in [5, 5.41) is 3.01. The number of carbonyl (C=O) groups is 2. The Morgan fingerprint density at radius 3 is 2.11 bits per heavy atom. The van der Waals surface area contributed by atoms with Crippen LogP contribution in [0.3, 0.4) is 0 Å². The number of nitrogens with one attached hydrogen (secondary N) is 1. The molecule has 0 heterocycles. The molecule has 3 aromatic rings. The van der Waals surface area contributed by atoms with Crippen molar-refractivity contribution in [3.05, 3.63) is 101 Å². The first-order chi connectivity index (χ1) is 16.7. The van der Waals surface area contributed by atoms with E-state index >= 15 is 0 Å². The number of benzene rings is 3. The quantitative estimate of drug-likeness (QED) is 0.444. The maximum Gasteiger partial charge on any atom is 0.261 e. The van der Waals surface area contributed by atoms with Crippen molar-refractivity contribution in [1.29, 1.82) is 0 Å². The van der Waals surface area contributed by atoms with E-state index in [1.54, 1.807) is 4.90 Å². The highest BCUT2D eigenvalue weighted by Crippen LogP contribution is 2.19. The smallest absolute Gasteiger partial charge is 0.261 e. The first kappa shape index (κ1) is 26.0. The SMILES string of the molecule is Cc1cccc(CN(C(=O)COc2cc(C)cc(C)c2)[C@@H](Cc2ccccc2)C(=O)NC(C)C)c1. The van der Waals surface area contributed by atoms with Crippen LogP contribution in [-0.2, 0) is 22.6 Å². The van der Waals surface area contributed by atoms with E-state index in [0.29, 0.717) is 18.7 Å². The van der Waals surface area contributed by atoms with Crippen LogP contribution in [-0.4, -0.2) is 35.4 Å². The first-order valence-corrected chi connectivity index (χ1v) is 12.1. The maximum absolute atomic E-state index is 13.6. The maximum atomic E-state index is 13.6. The summed E-state index contributed by atoms with van der Waals surface area (Å²) >= 11 is 0. The van der Waals surface area contributed by atoms with Gasteiger partial charge in [-0.15, -0.1) is 0 Å². The van der Waals surface area contributed by atoms with Crippen molar-refractivity contribution in [3.63, 3.8) is 0 Å². The number of nitrogens with zero attached hydrogens (tertiary/aromatic N) is 1. The number of amides is 2. The first-order valence-electron chi connectivity index (χ1n) is 12.1. The molecular formula is C30H36N2O3. The predicted octanol–water partition coefficient (Wildman–Crippen LogP) is 5.16. The Hall–Kier alpha value is -3.60. The molecule has 0 saturated heterocycles. The number of carbonyl (C=O) groups excluding carboxylic acids is 2. The molecule has 0 aromatic heterocycles. The molecule has 0 radical (unpaired) electrons. The monoisotopic (exact) mass is 472 g/mol. The van der Waals surface area contributed by atoms with Crippen LogP contribution in [0.1, 0.15) is 41.7 Å². The van der Waals surface area contributed by atoms with Gasteiger partial charge >= 0.3 is 0 Å². The van der Waals surface area contributed by atoms with Gasteiger partial charge in [0.15, 0.2) is 6.61 Å². The lowest BCUT2D eigenvalue weighted by Gasteiger charge is -2.32. The second kappa shape index (κ2) is 12.2. The van der Waals surface area contributed by atoms with E-state index in [-0.39, 0.29) is 24.5 Å². The molecule has 0 saturated carbocycles. The van der Waals surface area contributed by atoms with Gasteiger partial charge < -0.3 is 15.0 Å². The van der Waals surface area contributed by atoms with Crippen LogP contribution in [0.25, 0.3) is 0 Å². The molecule has 35 heavy (non-hydrogen) atoms. The highest BCUT2D eigenvalue weighted by Gasteiger charge is 2.31. The summed E-state index contributed by atoms with van der Waals surface area (Å²) in [7, 11) is 0. The Labute approximate surface area is 209 Å². The van der Waals surface area contributed by atoms with Crippen molar-refractivity contribution >= 4 is 11.8 Å². The third-order valence-corrected chi connectivity index (χ3v) is 5.69. The summed E-state index contributed by atoms with van der Waals surface area (Å²) in [6, 6.07) is 23.0. The summed E-state index contributed by atoms with van der Waals surface area (Å²) in [5.74, 6) is 0.249. The highest BCUT2D eigenvalue weighted by atomic mass is 16.5. The molecule has 0 aliphatic heterocycles. The van der Waals surface area contributed by atoms with Gasteiger partial charge in [-0.25, -0.2) is 0 Å². The molecule has 5 heteroatoms. The van der Waals surface area contributed by atoms with Crippen molar-refractivity contribution in [1.82, 2.24) is 10.2 Å². The van der Waals surface area contributed by atoms with E-state index < -0.39 is 6.04 Å². The third-order valence-electron chi connectivity index (χ3n) is 5.69. The lowest BCUT2D eigenvalue weighted by Crippen LogP contribution is -2.52. The van der Waals surface area contributed by atoms with Crippen molar-refractivity contribution in [2.24, 2.45) is 0 Å². The van der Waals surface area contributed by atoms with E-state index in [2.05, 4.69) is 11.4 Å². The van der Waals surface area contributed by atoms with Gasteiger partial charge in [0.25, 0.3) is 5.91 Å². The van der Waals surface area contributed by atoms with Crippen molar-refractivity contribution in [2.45, 2.75) is 59.7 Å². The van der Waals surface area contributed by atoms with E-state index in [1.165, 1.54) is 0 Å². The molecule has 0 spiro atoms. The van der Waals surface area contributed by atoms with E-state index in [1.807, 2.05) is 101 Å². The number of rotatable bonds is 10. The Morgan fingerprint density at radius 2 is 1.49 bits per heavy atom. The predicted molar refractivity (Wildman–Crippen MR) is 140 cm³/mol. The van der Waals surface area contributed by atoms with Crippen molar-refractivity contribution in [2.75, 3.05) is 6.61 Å². The van der Waals surface area contributed by atoms with Crippen LogP contribution in [0.2, 0.25) is 0 Å². The molecule has 0 fully saturated rings. The van der Waals surface area contributed by atoms with Gasteiger partial charge in [-0.05, 0) is 69.0 Å². The molecule has 3 rings (SSSR count). The molecule has 5 nitrogen and oxygen atoms in total. The third kappa shape index (κ3) is 7.99.